The van der Waals surface area contributed by atoms with Crippen molar-refractivity contribution >= 4 is 23.3 Å². The first kappa shape index (κ1) is 17.2. The third-order valence-corrected chi connectivity index (χ3v) is 4.94. The van der Waals surface area contributed by atoms with Gasteiger partial charge in [0.1, 0.15) is 5.52 Å². The average molecular weight is 373 g/mol. The fourth-order valence-corrected chi connectivity index (χ4v) is 3.55. The van der Waals surface area contributed by atoms with Crippen molar-refractivity contribution in [1.29, 1.82) is 0 Å². The van der Waals surface area contributed by atoms with Crippen LogP contribution < -0.4 is 0 Å². The van der Waals surface area contributed by atoms with E-state index in [9.17, 15) is 0 Å². The second kappa shape index (κ2) is 7.61. The Labute approximate surface area is 169 Å². The SMILES string of the molecule is C(=Cc1cccc(-c2nc3ccccc3o2)c1-c1ccccc1)c1ccccc1. The molecule has 0 bridgehead atoms. The van der Waals surface area contributed by atoms with Crippen LogP contribution in [0.5, 0.6) is 0 Å². The summed E-state index contributed by atoms with van der Waals surface area (Å²) in [5, 5.41) is 0. The van der Waals surface area contributed by atoms with Gasteiger partial charge in [-0.1, -0.05) is 97.1 Å². The molecule has 0 N–H and O–H groups in total. The Balaban J connectivity index is 1.69. The summed E-state index contributed by atoms with van der Waals surface area (Å²) in [6, 6.07) is 34.9. The number of rotatable bonds is 4. The Bertz CT molecular complexity index is 1250. The van der Waals surface area contributed by atoms with Crippen LogP contribution >= 0.6 is 0 Å². The van der Waals surface area contributed by atoms with Gasteiger partial charge in [0.15, 0.2) is 5.58 Å². The molecule has 0 fully saturated rings. The molecule has 5 aromatic rings. The molecular formula is C27H19NO. The monoisotopic (exact) mass is 373 g/mol. The molecular weight excluding hydrogens is 354 g/mol. The Morgan fingerprint density at radius 2 is 1.34 bits per heavy atom. The molecule has 1 heterocycles. The van der Waals surface area contributed by atoms with E-state index in [1.165, 1.54) is 5.56 Å². The lowest BCUT2D eigenvalue weighted by Crippen LogP contribution is -1.89. The van der Waals surface area contributed by atoms with E-state index in [0.29, 0.717) is 5.89 Å². The summed E-state index contributed by atoms with van der Waals surface area (Å²) < 4.78 is 6.10. The van der Waals surface area contributed by atoms with Crippen molar-refractivity contribution in [3.63, 3.8) is 0 Å². The molecule has 0 amide bonds. The van der Waals surface area contributed by atoms with Gasteiger partial charge < -0.3 is 4.42 Å². The number of oxazole rings is 1. The average Bonchev–Trinajstić information content (AvgIpc) is 3.23. The molecule has 4 aromatic carbocycles. The van der Waals surface area contributed by atoms with Gasteiger partial charge in [0.2, 0.25) is 5.89 Å². The highest BCUT2D eigenvalue weighted by atomic mass is 16.3. The lowest BCUT2D eigenvalue weighted by molar-refractivity contribution is 0.620. The molecule has 5 rings (SSSR count). The molecule has 0 saturated carbocycles. The highest BCUT2D eigenvalue weighted by molar-refractivity contribution is 5.90. The third-order valence-electron chi connectivity index (χ3n) is 4.94. The summed E-state index contributed by atoms with van der Waals surface area (Å²) in [5.41, 5.74) is 7.20. The van der Waals surface area contributed by atoms with Crippen molar-refractivity contribution in [1.82, 2.24) is 4.98 Å². The van der Waals surface area contributed by atoms with Crippen LogP contribution in [-0.2, 0) is 0 Å². The van der Waals surface area contributed by atoms with Gasteiger partial charge >= 0.3 is 0 Å². The molecule has 0 atom stereocenters. The highest BCUT2D eigenvalue weighted by Crippen LogP contribution is 2.36. The van der Waals surface area contributed by atoms with E-state index in [1.807, 2.05) is 48.5 Å². The van der Waals surface area contributed by atoms with Gasteiger partial charge in [-0.25, -0.2) is 4.98 Å². The number of aromatic nitrogens is 1. The quantitative estimate of drug-likeness (QED) is 0.308. The second-order valence-corrected chi connectivity index (χ2v) is 6.87. The minimum absolute atomic E-state index is 0.639. The minimum atomic E-state index is 0.639. The normalized spacial score (nSPS) is 11.3. The minimum Gasteiger partial charge on any atom is -0.436 e. The fraction of sp³-hybridized carbons (Fsp3) is 0. The number of fused-ring (bicyclic) bond motifs is 1. The first-order chi connectivity index (χ1) is 14.4. The highest BCUT2D eigenvalue weighted by Gasteiger charge is 2.15. The van der Waals surface area contributed by atoms with Gasteiger partial charge in [-0.2, -0.15) is 0 Å². The van der Waals surface area contributed by atoms with Crippen LogP contribution in [0.3, 0.4) is 0 Å². The van der Waals surface area contributed by atoms with E-state index in [1.54, 1.807) is 0 Å². The van der Waals surface area contributed by atoms with Crippen molar-refractivity contribution in [2.75, 3.05) is 0 Å². The van der Waals surface area contributed by atoms with Crippen LogP contribution in [0.25, 0.3) is 45.8 Å². The molecule has 138 valence electrons. The summed E-state index contributed by atoms with van der Waals surface area (Å²) in [6.45, 7) is 0. The van der Waals surface area contributed by atoms with E-state index in [-0.39, 0.29) is 0 Å². The van der Waals surface area contributed by atoms with E-state index in [4.69, 9.17) is 9.40 Å². The molecule has 0 spiro atoms. The molecule has 29 heavy (non-hydrogen) atoms. The first-order valence-corrected chi connectivity index (χ1v) is 9.66. The zero-order chi connectivity index (χ0) is 19.5. The van der Waals surface area contributed by atoms with Crippen molar-refractivity contribution < 1.29 is 4.42 Å². The molecule has 0 aliphatic heterocycles. The molecule has 0 radical (unpaired) electrons. The van der Waals surface area contributed by atoms with Gasteiger partial charge in [-0.05, 0) is 34.9 Å². The summed E-state index contributed by atoms with van der Waals surface area (Å²) in [6.07, 6.45) is 4.29. The van der Waals surface area contributed by atoms with Crippen molar-refractivity contribution in [3.8, 4) is 22.6 Å². The Kier molecular flexibility index (Phi) is 4.51. The lowest BCUT2D eigenvalue weighted by Gasteiger charge is -2.11. The first-order valence-electron chi connectivity index (χ1n) is 9.66. The maximum atomic E-state index is 6.10. The fourth-order valence-electron chi connectivity index (χ4n) is 3.55. The Hall–Kier alpha value is -3.91. The summed E-state index contributed by atoms with van der Waals surface area (Å²) in [7, 11) is 0. The molecule has 0 aliphatic rings. The molecule has 0 aliphatic carbocycles. The smallest absolute Gasteiger partial charge is 0.227 e. The standard InChI is InChI=1S/C27H19NO/c1-3-10-20(11-4-1)18-19-22-14-9-15-23(26(22)21-12-5-2-6-13-21)27-28-24-16-7-8-17-25(24)29-27/h1-19H. The lowest BCUT2D eigenvalue weighted by atomic mass is 9.93. The van der Waals surface area contributed by atoms with Crippen LogP contribution in [0.15, 0.2) is 108 Å². The van der Waals surface area contributed by atoms with Gasteiger partial charge in [-0.3, -0.25) is 0 Å². The van der Waals surface area contributed by atoms with E-state index in [2.05, 4.69) is 66.7 Å². The maximum absolute atomic E-state index is 6.10. The summed E-state index contributed by atoms with van der Waals surface area (Å²) in [4.78, 5) is 4.74. The number of hydrogen-bond donors (Lipinski definition) is 0. The molecule has 2 heteroatoms. The largest absolute Gasteiger partial charge is 0.436 e. The molecule has 0 saturated heterocycles. The van der Waals surface area contributed by atoms with Crippen LogP contribution in [0.1, 0.15) is 11.1 Å². The van der Waals surface area contributed by atoms with Gasteiger partial charge in [0.05, 0.1) is 0 Å². The van der Waals surface area contributed by atoms with Crippen LogP contribution in [0, 0.1) is 0 Å². The summed E-state index contributed by atoms with van der Waals surface area (Å²) >= 11 is 0. The number of para-hydroxylation sites is 2. The van der Waals surface area contributed by atoms with E-state index < -0.39 is 0 Å². The van der Waals surface area contributed by atoms with Crippen molar-refractivity contribution in [3.05, 3.63) is 114 Å². The number of nitrogens with zero attached hydrogens (tertiary/aromatic N) is 1. The zero-order valence-electron chi connectivity index (χ0n) is 15.8. The van der Waals surface area contributed by atoms with Crippen LogP contribution in [0.2, 0.25) is 0 Å². The molecule has 0 unspecified atom stereocenters. The van der Waals surface area contributed by atoms with Crippen LogP contribution in [-0.4, -0.2) is 4.98 Å². The summed E-state index contributed by atoms with van der Waals surface area (Å²) in [5.74, 6) is 0.639. The molecule has 1 aromatic heterocycles. The zero-order valence-corrected chi connectivity index (χ0v) is 15.8. The number of benzene rings is 4. The van der Waals surface area contributed by atoms with Gasteiger partial charge in [-0.15, -0.1) is 0 Å². The predicted molar refractivity (Wildman–Crippen MR) is 120 cm³/mol. The molecule has 2 nitrogen and oxygen atoms in total. The van der Waals surface area contributed by atoms with Crippen LogP contribution in [0.4, 0.5) is 0 Å². The van der Waals surface area contributed by atoms with E-state index in [0.717, 1.165) is 33.4 Å². The van der Waals surface area contributed by atoms with Crippen molar-refractivity contribution in [2.45, 2.75) is 0 Å². The number of hydrogen-bond acceptors (Lipinski definition) is 2. The van der Waals surface area contributed by atoms with Gasteiger partial charge in [0.25, 0.3) is 0 Å². The third kappa shape index (κ3) is 3.48. The van der Waals surface area contributed by atoms with Gasteiger partial charge in [0, 0.05) is 11.1 Å². The topological polar surface area (TPSA) is 26.0 Å². The Morgan fingerprint density at radius 1 is 0.621 bits per heavy atom. The van der Waals surface area contributed by atoms with E-state index >= 15 is 0 Å². The van der Waals surface area contributed by atoms with Crippen molar-refractivity contribution in [2.24, 2.45) is 0 Å². The maximum Gasteiger partial charge on any atom is 0.227 e. The Morgan fingerprint density at radius 3 is 2.14 bits per heavy atom. The predicted octanol–water partition coefficient (Wildman–Crippen LogP) is 7.33. The second-order valence-electron chi connectivity index (χ2n) is 6.87.